The maximum atomic E-state index is 13.6. The van der Waals surface area contributed by atoms with Gasteiger partial charge in [0.1, 0.15) is 17.3 Å². The van der Waals surface area contributed by atoms with Crippen molar-refractivity contribution in [2.45, 2.75) is 46.1 Å². The van der Waals surface area contributed by atoms with Crippen molar-refractivity contribution in [2.75, 3.05) is 18.1 Å². The number of aromatic nitrogens is 1. The molecule has 1 aromatic heterocycles. The van der Waals surface area contributed by atoms with E-state index in [2.05, 4.69) is 6.92 Å². The molecule has 1 aliphatic heterocycles. The largest absolute Gasteiger partial charge is 0.507 e. The maximum Gasteiger partial charge on any atom is 0.301 e. The van der Waals surface area contributed by atoms with Crippen LogP contribution in [0, 0.1) is 6.92 Å². The highest BCUT2D eigenvalue weighted by molar-refractivity contribution is 7.22. The summed E-state index contributed by atoms with van der Waals surface area (Å²) in [6.45, 7) is 7.08. The maximum absolute atomic E-state index is 13.6. The third-order valence-corrected chi connectivity index (χ3v) is 7.83. The van der Waals surface area contributed by atoms with Gasteiger partial charge < -0.3 is 14.6 Å². The van der Waals surface area contributed by atoms with Crippen LogP contribution in [0.25, 0.3) is 16.0 Å². The first-order valence-electron chi connectivity index (χ1n) is 13.6. The first-order valence-corrected chi connectivity index (χ1v) is 14.4. The highest BCUT2D eigenvalue weighted by atomic mass is 32.1. The normalized spacial score (nSPS) is 16.6. The van der Waals surface area contributed by atoms with Crippen molar-refractivity contribution in [1.82, 2.24) is 4.98 Å². The Morgan fingerprint density at radius 2 is 1.77 bits per heavy atom. The second kappa shape index (κ2) is 11.9. The number of aryl methyl sites for hydroxylation is 1. The molecule has 8 heteroatoms. The van der Waals surface area contributed by atoms with Crippen molar-refractivity contribution < 1.29 is 24.2 Å². The third kappa shape index (κ3) is 5.45. The Kier molecular flexibility index (Phi) is 8.16. The lowest BCUT2D eigenvalue weighted by Crippen LogP contribution is -2.29. The van der Waals surface area contributed by atoms with E-state index in [4.69, 9.17) is 14.5 Å². The van der Waals surface area contributed by atoms with Crippen LogP contribution in [0.4, 0.5) is 5.13 Å². The molecule has 206 valence electrons. The average molecular weight is 557 g/mol. The summed E-state index contributed by atoms with van der Waals surface area (Å²) in [4.78, 5) is 33.2. The van der Waals surface area contributed by atoms with Gasteiger partial charge in [0, 0.05) is 5.56 Å². The summed E-state index contributed by atoms with van der Waals surface area (Å²) in [5.41, 5.74) is 2.88. The fourth-order valence-electron chi connectivity index (χ4n) is 4.81. The van der Waals surface area contributed by atoms with Crippen LogP contribution in [-0.4, -0.2) is 35.0 Å². The third-order valence-electron chi connectivity index (χ3n) is 6.81. The number of nitrogens with zero attached hydrogens (tertiary/aromatic N) is 2. The van der Waals surface area contributed by atoms with E-state index in [1.165, 1.54) is 16.2 Å². The van der Waals surface area contributed by atoms with E-state index in [0.717, 1.165) is 35.0 Å². The number of ether oxygens (including phenoxy) is 2. The molecule has 1 aliphatic rings. The minimum absolute atomic E-state index is 0.00528. The van der Waals surface area contributed by atoms with Crippen LogP contribution in [0.2, 0.25) is 0 Å². The molecule has 4 aromatic rings. The number of hydrogen-bond donors (Lipinski definition) is 1. The molecule has 7 nitrogen and oxygen atoms in total. The van der Waals surface area contributed by atoms with Crippen LogP contribution >= 0.6 is 11.3 Å². The number of rotatable bonds is 10. The molecule has 1 atom stereocenters. The molecule has 1 N–H and O–H groups in total. The van der Waals surface area contributed by atoms with Crippen molar-refractivity contribution in [1.29, 1.82) is 0 Å². The van der Waals surface area contributed by atoms with E-state index >= 15 is 0 Å². The standard InChI is InChI=1S/C32H32N2O5S/c1-4-6-7-17-39-23-14-12-21(13-15-23)28-27(29(35)22-9-8-10-24(19-22)38-5-2)30(36)31(37)34(28)32-33-25-16-11-20(3)18-26(25)40-32/h8-16,18-19,28,35H,4-7,17H2,1-3H3. The first-order chi connectivity index (χ1) is 19.4. The predicted octanol–water partition coefficient (Wildman–Crippen LogP) is 7.20. The molecule has 5 rings (SSSR count). The number of aliphatic hydroxyl groups excluding tert-OH is 1. The number of carbonyl (C=O) groups is 2. The van der Waals surface area contributed by atoms with Crippen LogP contribution in [0.5, 0.6) is 11.5 Å². The van der Waals surface area contributed by atoms with Gasteiger partial charge in [-0.2, -0.15) is 0 Å². The van der Waals surface area contributed by atoms with Crippen LogP contribution in [-0.2, 0) is 9.59 Å². The van der Waals surface area contributed by atoms with Crippen LogP contribution in [0.15, 0.2) is 72.3 Å². The Bertz CT molecular complexity index is 1570. The van der Waals surface area contributed by atoms with Gasteiger partial charge in [0.15, 0.2) is 5.13 Å². The summed E-state index contributed by atoms with van der Waals surface area (Å²) in [6, 6.07) is 19.2. The molecule has 40 heavy (non-hydrogen) atoms. The number of anilines is 1. The van der Waals surface area contributed by atoms with Gasteiger partial charge in [-0.1, -0.05) is 61.4 Å². The van der Waals surface area contributed by atoms with Gasteiger partial charge >= 0.3 is 5.91 Å². The molecule has 2 heterocycles. The number of ketones is 1. The number of carbonyl (C=O) groups excluding carboxylic acids is 2. The molecule has 1 fully saturated rings. The van der Waals surface area contributed by atoms with Crippen LogP contribution in [0.3, 0.4) is 0 Å². The zero-order chi connectivity index (χ0) is 28.2. The molecular formula is C32H32N2O5S. The second-order valence-corrected chi connectivity index (χ2v) is 10.7. The molecular weight excluding hydrogens is 524 g/mol. The molecule has 1 unspecified atom stereocenters. The summed E-state index contributed by atoms with van der Waals surface area (Å²) >= 11 is 1.34. The predicted molar refractivity (Wildman–Crippen MR) is 158 cm³/mol. The second-order valence-electron chi connectivity index (χ2n) is 9.72. The van der Waals surface area contributed by atoms with Crippen LogP contribution < -0.4 is 14.4 Å². The summed E-state index contributed by atoms with van der Waals surface area (Å²) in [5, 5.41) is 11.9. The van der Waals surface area contributed by atoms with E-state index in [1.807, 2.05) is 56.3 Å². The highest BCUT2D eigenvalue weighted by Gasteiger charge is 2.48. The number of hydrogen-bond acceptors (Lipinski definition) is 7. The lowest BCUT2D eigenvalue weighted by molar-refractivity contribution is -0.132. The monoisotopic (exact) mass is 556 g/mol. The number of thiazole rings is 1. The van der Waals surface area contributed by atoms with E-state index in [9.17, 15) is 14.7 Å². The van der Waals surface area contributed by atoms with Gasteiger partial charge in [-0.25, -0.2) is 4.98 Å². The molecule has 0 radical (unpaired) electrons. The minimum Gasteiger partial charge on any atom is -0.507 e. The SMILES string of the molecule is CCCCCOc1ccc(C2C(=C(O)c3cccc(OCC)c3)C(=O)C(=O)N2c2nc3ccc(C)cc3s2)cc1. The topological polar surface area (TPSA) is 89.0 Å². The summed E-state index contributed by atoms with van der Waals surface area (Å²) in [7, 11) is 0. The first kappa shape index (κ1) is 27.4. The quantitative estimate of drug-likeness (QED) is 0.0962. The molecule has 0 spiro atoms. The number of Topliss-reactive ketones (excluding diaryl/α,β-unsaturated/α-hetero) is 1. The number of unbranched alkanes of at least 4 members (excludes halogenated alkanes) is 2. The Labute approximate surface area is 237 Å². The van der Waals surface area contributed by atoms with Crippen LogP contribution in [0.1, 0.15) is 55.8 Å². The summed E-state index contributed by atoms with van der Waals surface area (Å²) < 4.78 is 12.4. The molecule has 0 aliphatic carbocycles. The van der Waals surface area contributed by atoms with Crippen molar-refractivity contribution in [2.24, 2.45) is 0 Å². The van der Waals surface area contributed by atoms with Crippen molar-refractivity contribution in [3.05, 3.63) is 89.0 Å². The summed E-state index contributed by atoms with van der Waals surface area (Å²) in [6.07, 6.45) is 3.18. The van der Waals surface area contributed by atoms with Gasteiger partial charge in [-0.05, 0) is 67.8 Å². The van der Waals surface area contributed by atoms with Gasteiger partial charge in [-0.3, -0.25) is 14.5 Å². The zero-order valence-electron chi connectivity index (χ0n) is 22.8. The molecule has 0 bridgehead atoms. The molecule has 0 saturated carbocycles. The van der Waals surface area contributed by atoms with Crippen molar-refractivity contribution >= 4 is 44.1 Å². The molecule has 1 amide bonds. The number of benzene rings is 3. The average Bonchev–Trinajstić information content (AvgIpc) is 3.49. The highest BCUT2D eigenvalue weighted by Crippen LogP contribution is 2.44. The van der Waals surface area contributed by atoms with Gasteiger partial charge in [0.2, 0.25) is 0 Å². The molecule has 1 saturated heterocycles. The summed E-state index contributed by atoms with van der Waals surface area (Å²) in [5.74, 6) is -0.493. The van der Waals surface area contributed by atoms with E-state index < -0.39 is 17.7 Å². The number of amides is 1. The Morgan fingerprint density at radius 3 is 2.52 bits per heavy atom. The minimum atomic E-state index is -0.869. The molecule has 3 aromatic carbocycles. The zero-order valence-corrected chi connectivity index (χ0v) is 23.7. The van der Waals surface area contributed by atoms with Gasteiger partial charge in [0.25, 0.3) is 5.78 Å². The lowest BCUT2D eigenvalue weighted by Gasteiger charge is -2.23. The number of fused-ring (bicyclic) bond motifs is 1. The Balaban J connectivity index is 1.60. The Morgan fingerprint density at radius 1 is 0.975 bits per heavy atom. The fraction of sp³-hybridized carbons (Fsp3) is 0.281. The van der Waals surface area contributed by atoms with Crippen molar-refractivity contribution in [3.8, 4) is 11.5 Å². The van der Waals surface area contributed by atoms with E-state index in [-0.39, 0.29) is 11.3 Å². The van der Waals surface area contributed by atoms with Gasteiger partial charge in [-0.15, -0.1) is 0 Å². The van der Waals surface area contributed by atoms with E-state index in [0.29, 0.717) is 41.0 Å². The lowest BCUT2D eigenvalue weighted by atomic mass is 9.95. The van der Waals surface area contributed by atoms with Crippen molar-refractivity contribution in [3.63, 3.8) is 0 Å². The van der Waals surface area contributed by atoms with E-state index in [1.54, 1.807) is 24.3 Å². The fourth-order valence-corrected chi connectivity index (χ4v) is 5.90. The van der Waals surface area contributed by atoms with Gasteiger partial charge in [0.05, 0.1) is 35.0 Å². The Hall–Kier alpha value is -4.17. The number of aliphatic hydroxyl groups is 1. The smallest absolute Gasteiger partial charge is 0.301 e.